The molecule has 0 atom stereocenters. The third-order valence-corrected chi connectivity index (χ3v) is 11.2. The van der Waals surface area contributed by atoms with Crippen molar-refractivity contribution in [2.75, 3.05) is 7.05 Å². The molecule has 2 aromatic heterocycles. The Morgan fingerprint density at radius 3 is 1.83 bits per heavy atom. The second-order valence-electron chi connectivity index (χ2n) is 14.0. The van der Waals surface area contributed by atoms with Gasteiger partial charge in [0, 0.05) is 39.1 Å². The van der Waals surface area contributed by atoms with Crippen LogP contribution in [-0.2, 0) is 0 Å². The smallest absolute Gasteiger partial charge is 0.0696 e. The number of nitrogens with zero attached hydrogens (tertiary/aromatic N) is 1. The summed E-state index contributed by atoms with van der Waals surface area (Å²) in [6.07, 6.45) is 8.03. The number of pyridine rings is 1. The molecule has 7 aromatic rings. The van der Waals surface area contributed by atoms with Crippen LogP contribution < -0.4 is 5.32 Å². The summed E-state index contributed by atoms with van der Waals surface area (Å²) >= 11 is 1.91. The van der Waals surface area contributed by atoms with Gasteiger partial charge in [-0.1, -0.05) is 167 Å². The van der Waals surface area contributed by atoms with Crippen molar-refractivity contribution < 1.29 is 0 Å². The van der Waals surface area contributed by atoms with Crippen molar-refractivity contribution >= 4 is 37.1 Å². The molecule has 0 aliphatic heterocycles. The highest BCUT2D eigenvalue weighted by molar-refractivity contribution is 7.26. The van der Waals surface area contributed by atoms with Gasteiger partial charge in [0.15, 0.2) is 0 Å². The summed E-state index contributed by atoms with van der Waals surface area (Å²) in [5.41, 5.74) is 17.4. The number of likely N-dealkylation sites (N-methyl/N-ethyl adjacent to an activating group) is 1. The zero-order valence-corrected chi connectivity index (χ0v) is 38.7. The van der Waals surface area contributed by atoms with Crippen LogP contribution in [-0.4, -0.2) is 12.0 Å². The molecule has 5 aromatic carbocycles. The Hall–Kier alpha value is -5.77. The Morgan fingerprint density at radius 1 is 0.610 bits per heavy atom. The molecule has 306 valence electrons. The van der Waals surface area contributed by atoms with Crippen LogP contribution in [0.15, 0.2) is 169 Å². The summed E-state index contributed by atoms with van der Waals surface area (Å²) in [6, 6.07) is 42.7. The highest BCUT2D eigenvalue weighted by atomic mass is 32.1. The number of benzene rings is 5. The topological polar surface area (TPSA) is 24.9 Å². The molecule has 59 heavy (non-hydrogen) atoms. The van der Waals surface area contributed by atoms with Gasteiger partial charge < -0.3 is 5.32 Å². The van der Waals surface area contributed by atoms with Gasteiger partial charge in [0.1, 0.15) is 0 Å². The molecular weight excluding hydrogens is 733 g/mol. The molecule has 0 spiro atoms. The van der Waals surface area contributed by atoms with Crippen molar-refractivity contribution in [2.45, 2.75) is 83.1 Å². The highest BCUT2D eigenvalue weighted by Gasteiger charge is 2.16. The standard InChI is InChI=1S/C28H24S.C17H22N2.C7H8.2C2H6/c1-17-9-5-6-10-21(17)27-18(2)13-14-22(19(27)3)23-15-16-25-24-11-7-8-12-26(24)29-28(25)20(23)4;1-6-16(18-5)14(3)11-13(2)12-15(4)17-9-7-8-10-19-17;1-7-5-3-2-4-6-7;2*1-2/h5-16H,1-4H3;6-12,18H,4H2,1-3,5H3;2-6H,1H3;2*1-2H3/b;13-12-,14-11+,16-6-;;;. The van der Waals surface area contributed by atoms with E-state index >= 15 is 0 Å². The lowest BCUT2D eigenvalue weighted by atomic mass is 9.86. The van der Waals surface area contributed by atoms with Crippen LogP contribution >= 0.6 is 11.3 Å². The van der Waals surface area contributed by atoms with Crippen molar-refractivity contribution in [2.24, 2.45) is 0 Å². The first-order valence-electron chi connectivity index (χ1n) is 20.9. The second-order valence-corrected chi connectivity index (χ2v) is 15.1. The first-order valence-corrected chi connectivity index (χ1v) is 21.8. The van der Waals surface area contributed by atoms with Crippen LogP contribution in [0.4, 0.5) is 0 Å². The first-order chi connectivity index (χ1) is 28.5. The van der Waals surface area contributed by atoms with E-state index in [9.17, 15) is 0 Å². The molecule has 7 rings (SSSR count). The molecule has 0 radical (unpaired) electrons. The van der Waals surface area contributed by atoms with Crippen molar-refractivity contribution in [1.29, 1.82) is 0 Å². The lowest BCUT2D eigenvalue weighted by Crippen LogP contribution is -2.06. The third kappa shape index (κ3) is 12.6. The van der Waals surface area contributed by atoms with E-state index in [1.54, 1.807) is 6.20 Å². The molecule has 0 bridgehead atoms. The SMILES string of the molecule is C=C(\C=C(C)/C=C(C)/C(=C/C)NC)c1ccccn1.CC.CC.Cc1ccccc1.Cc1ccccc1-c1c(C)ccc(-c2ccc3c(sc4ccccc43)c2C)c1C. The predicted molar refractivity (Wildman–Crippen MR) is 267 cm³/mol. The van der Waals surface area contributed by atoms with Crippen LogP contribution in [0.25, 0.3) is 48.0 Å². The number of fused-ring (bicyclic) bond motifs is 3. The lowest BCUT2D eigenvalue weighted by Gasteiger charge is -2.18. The van der Waals surface area contributed by atoms with Crippen molar-refractivity contribution in [3.05, 3.63) is 203 Å². The van der Waals surface area contributed by atoms with E-state index in [1.165, 1.54) is 75.8 Å². The summed E-state index contributed by atoms with van der Waals surface area (Å²) in [4.78, 5) is 4.29. The quantitative estimate of drug-likeness (QED) is 0.163. The molecule has 0 saturated heterocycles. The zero-order valence-electron chi connectivity index (χ0n) is 37.9. The number of allylic oxidation sites excluding steroid dienone is 6. The number of hydrogen-bond acceptors (Lipinski definition) is 3. The van der Waals surface area contributed by atoms with Gasteiger partial charge in [0.25, 0.3) is 0 Å². The largest absolute Gasteiger partial charge is 0.388 e. The molecule has 1 N–H and O–H groups in total. The fourth-order valence-electron chi connectivity index (χ4n) is 7.09. The van der Waals surface area contributed by atoms with Crippen LogP contribution in [0, 0.1) is 34.6 Å². The van der Waals surface area contributed by atoms with Crippen LogP contribution in [0.5, 0.6) is 0 Å². The van der Waals surface area contributed by atoms with Crippen molar-refractivity contribution in [3.63, 3.8) is 0 Å². The average Bonchev–Trinajstić information content (AvgIpc) is 3.65. The summed E-state index contributed by atoms with van der Waals surface area (Å²) < 4.78 is 2.77. The molecule has 0 aliphatic carbocycles. The highest BCUT2D eigenvalue weighted by Crippen LogP contribution is 2.42. The van der Waals surface area contributed by atoms with Gasteiger partial charge in [-0.15, -0.1) is 11.3 Å². The lowest BCUT2D eigenvalue weighted by molar-refractivity contribution is 0.992. The minimum absolute atomic E-state index is 0.910. The number of aromatic nitrogens is 1. The van der Waals surface area contributed by atoms with E-state index in [2.05, 4.69) is 169 Å². The van der Waals surface area contributed by atoms with Gasteiger partial charge in [0.05, 0.1) is 5.69 Å². The van der Waals surface area contributed by atoms with E-state index in [0.717, 1.165) is 22.5 Å². The molecule has 2 nitrogen and oxygen atoms in total. The van der Waals surface area contributed by atoms with Gasteiger partial charge >= 0.3 is 0 Å². The van der Waals surface area contributed by atoms with Gasteiger partial charge in [-0.25, -0.2) is 0 Å². The van der Waals surface area contributed by atoms with Gasteiger partial charge in [-0.05, 0) is 129 Å². The summed E-state index contributed by atoms with van der Waals surface area (Å²) in [5.74, 6) is 0. The summed E-state index contributed by atoms with van der Waals surface area (Å²) in [5, 5.41) is 5.91. The molecule has 0 unspecified atom stereocenters. The first kappa shape index (κ1) is 47.6. The van der Waals surface area contributed by atoms with E-state index in [-0.39, 0.29) is 0 Å². The van der Waals surface area contributed by atoms with Crippen molar-refractivity contribution in [3.8, 4) is 22.3 Å². The van der Waals surface area contributed by atoms with E-state index < -0.39 is 0 Å². The Bertz CT molecular complexity index is 2500. The molecular formula is C56H66N2S. The third-order valence-electron chi connectivity index (χ3n) is 9.94. The van der Waals surface area contributed by atoms with Crippen LogP contribution in [0.3, 0.4) is 0 Å². The normalized spacial score (nSPS) is 11.2. The molecule has 2 heterocycles. The Morgan fingerprint density at radius 2 is 1.22 bits per heavy atom. The molecule has 0 aliphatic rings. The number of nitrogens with one attached hydrogen (secondary N) is 1. The minimum atomic E-state index is 0.910. The van der Waals surface area contributed by atoms with E-state index in [0.29, 0.717) is 0 Å². The number of hydrogen-bond donors (Lipinski definition) is 1. The summed E-state index contributed by atoms with van der Waals surface area (Å²) in [6.45, 7) is 29.3. The second kappa shape index (κ2) is 24.2. The van der Waals surface area contributed by atoms with Gasteiger partial charge in [-0.2, -0.15) is 0 Å². The predicted octanol–water partition coefficient (Wildman–Crippen LogP) is 16.8. The minimum Gasteiger partial charge on any atom is -0.388 e. The Balaban J connectivity index is 0.000000266. The Kier molecular flexibility index (Phi) is 19.5. The monoisotopic (exact) mass is 798 g/mol. The van der Waals surface area contributed by atoms with Crippen molar-refractivity contribution in [1.82, 2.24) is 10.3 Å². The molecule has 3 heteroatoms. The summed E-state index contributed by atoms with van der Waals surface area (Å²) in [7, 11) is 1.93. The maximum atomic E-state index is 4.29. The number of rotatable bonds is 7. The average molecular weight is 799 g/mol. The maximum absolute atomic E-state index is 4.29. The van der Waals surface area contributed by atoms with Crippen LogP contribution in [0.1, 0.15) is 82.0 Å². The zero-order chi connectivity index (χ0) is 43.5. The maximum Gasteiger partial charge on any atom is 0.0696 e. The van der Waals surface area contributed by atoms with E-state index in [4.69, 9.17) is 0 Å². The molecule has 0 fully saturated rings. The van der Waals surface area contributed by atoms with Gasteiger partial charge in [-0.3, -0.25) is 4.98 Å². The van der Waals surface area contributed by atoms with Crippen LogP contribution in [0.2, 0.25) is 0 Å². The fraction of sp³-hybridized carbons (Fsp3) is 0.232. The van der Waals surface area contributed by atoms with E-state index in [1.807, 2.05) is 89.4 Å². The van der Waals surface area contributed by atoms with Gasteiger partial charge in [0.2, 0.25) is 0 Å². The molecule has 0 saturated carbocycles. The number of thiophene rings is 1. The fourth-order valence-corrected chi connectivity index (χ4v) is 8.29. The molecule has 0 amide bonds. The Labute approximate surface area is 360 Å². The number of aryl methyl sites for hydroxylation is 4.